The molecule has 0 radical (unpaired) electrons. The molecule has 3 heterocycles. The van der Waals surface area contributed by atoms with Crippen molar-refractivity contribution in [2.24, 2.45) is 5.92 Å². The number of pyridine rings is 1. The summed E-state index contributed by atoms with van der Waals surface area (Å²) in [6.45, 7) is 5.81. The van der Waals surface area contributed by atoms with Crippen molar-refractivity contribution in [3.63, 3.8) is 0 Å². The second-order valence-corrected chi connectivity index (χ2v) is 6.83. The standard InChI is InChI=1S/C16H21N3OS/c1-11(2)16(20)18-12-4-3-8-19(10-12)14-5-7-17-13-6-9-21-15(13)14/h5-7,9,11-12H,3-4,8,10H2,1-2H3,(H,18,20). The van der Waals surface area contributed by atoms with Gasteiger partial charge in [0.25, 0.3) is 0 Å². The number of fused-ring (bicyclic) bond motifs is 1. The first-order valence-electron chi connectivity index (χ1n) is 7.52. The van der Waals surface area contributed by atoms with E-state index in [1.807, 2.05) is 20.0 Å². The summed E-state index contributed by atoms with van der Waals surface area (Å²) in [6, 6.07) is 4.40. The molecule has 1 atom stereocenters. The molecule has 1 N–H and O–H groups in total. The fourth-order valence-electron chi connectivity index (χ4n) is 2.79. The van der Waals surface area contributed by atoms with Crippen LogP contribution in [0.15, 0.2) is 23.7 Å². The summed E-state index contributed by atoms with van der Waals surface area (Å²) < 4.78 is 1.24. The molecule has 1 fully saturated rings. The Labute approximate surface area is 129 Å². The molecule has 21 heavy (non-hydrogen) atoms. The highest BCUT2D eigenvalue weighted by molar-refractivity contribution is 7.17. The third-order valence-corrected chi connectivity index (χ3v) is 4.88. The number of anilines is 1. The van der Waals surface area contributed by atoms with Gasteiger partial charge in [0.05, 0.1) is 15.9 Å². The molecule has 2 aromatic heterocycles. The van der Waals surface area contributed by atoms with Gasteiger partial charge in [-0.15, -0.1) is 11.3 Å². The van der Waals surface area contributed by atoms with Crippen molar-refractivity contribution >= 4 is 33.1 Å². The van der Waals surface area contributed by atoms with E-state index in [4.69, 9.17) is 0 Å². The number of hydrogen-bond acceptors (Lipinski definition) is 4. The lowest BCUT2D eigenvalue weighted by molar-refractivity contribution is -0.124. The van der Waals surface area contributed by atoms with Crippen molar-refractivity contribution in [1.29, 1.82) is 0 Å². The van der Waals surface area contributed by atoms with Crippen LogP contribution in [-0.2, 0) is 4.79 Å². The first-order valence-corrected chi connectivity index (χ1v) is 8.40. The average Bonchev–Trinajstić information content (AvgIpc) is 2.95. The molecule has 1 aliphatic rings. The van der Waals surface area contributed by atoms with E-state index in [1.54, 1.807) is 11.3 Å². The SMILES string of the molecule is CC(C)C(=O)NC1CCCN(c2ccnc3ccsc23)C1. The van der Waals surface area contributed by atoms with Gasteiger partial charge in [-0.2, -0.15) is 0 Å². The monoisotopic (exact) mass is 303 g/mol. The van der Waals surface area contributed by atoms with E-state index in [0.29, 0.717) is 0 Å². The van der Waals surface area contributed by atoms with Crippen LogP contribution in [0.3, 0.4) is 0 Å². The van der Waals surface area contributed by atoms with E-state index in [-0.39, 0.29) is 17.9 Å². The summed E-state index contributed by atoms with van der Waals surface area (Å²) in [4.78, 5) is 18.7. The predicted octanol–water partition coefficient (Wildman–Crippen LogP) is 3.04. The smallest absolute Gasteiger partial charge is 0.222 e. The number of carbonyl (C=O) groups is 1. The van der Waals surface area contributed by atoms with E-state index < -0.39 is 0 Å². The maximum absolute atomic E-state index is 11.9. The van der Waals surface area contributed by atoms with Crippen LogP contribution in [0.25, 0.3) is 10.2 Å². The van der Waals surface area contributed by atoms with Gasteiger partial charge < -0.3 is 10.2 Å². The summed E-state index contributed by atoms with van der Waals surface area (Å²) in [6.07, 6.45) is 4.05. The molecule has 4 nitrogen and oxygen atoms in total. The van der Waals surface area contributed by atoms with Gasteiger partial charge in [0.1, 0.15) is 0 Å². The molecule has 0 aromatic carbocycles. The number of aromatic nitrogens is 1. The predicted molar refractivity (Wildman–Crippen MR) is 87.8 cm³/mol. The molecule has 1 unspecified atom stereocenters. The highest BCUT2D eigenvalue weighted by atomic mass is 32.1. The fraction of sp³-hybridized carbons (Fsp3) is 0.500. The molecule has 2 aromatic rings. The molecule has 1 saturated heterocycles. The Morgan fingerprint density at radius 1 is 1.48 bits per heavy atom. The van der Waals surface area contributed by atoms with E-state index in [9.17, 15) is 4.79 Å². The first kappa shape index (κ1) is 14.3. The van der Waals surface area contributed by atoms with Crippen molar-refractivity contribution in [3.05, 3.63) is 23.7 Å². The Morgan fingerprint density at radius 2 is 2.33 bits per heavy atom. The molecule has 0 bridgehead atoms. The number of amides is 1. The Balaban J connectivity index is 1.77. The number of piperidine rings is 1. The van der Waals surface area contributed by atoms with Crippen molar-refractivity contribution < 1.29 is 4.79 Å². The Kier molecular flexibility index (Phi) is 4.10. The number of nitrogens with one attached hydrogen (secondary N) is 1. The molecule has 112 valence electrons. The number of nitrogens with zero attached hydrogens (tertiary/aromatic N) is 2. The number of thiophene rings is 1. The maximum Gasteiger partial charge on any atom is 0.222 e. The van der Waals surface area contributed by atoms with Crippen molar-refractivity contribution in [2.45, 2.75) is 32.7 Å². The Hall–Kier alpha value is -1.62. The lowest BCUT2D eigenvalue weighted by Crippen LogP contribution is -2.48. The lowest BCUT2D eigenvalue weighted by Gasteiger charge is -2.35. The van der Waals surface area contributed by atoms with Crippen LogP contribution in [0.4, 0.5) is 5.69 Å². The second-order valence-electron chi connectivity index (χ2n) is 5.91. The van der Waals surface area contributed by atoms with Crippen LogP contribution in [0.1, 0.15) is 26.7 Å². The van der Waals surface area contributed by atoms with Crippen LogP contribution < -0.4 is 10.2 Å². The van der Waals surface area contributed by atoms with E-state index in [2.05, 4.69) is 32.7 Å². The van der Waals surface area contributed by atoms with E-state index in [1.165, 1.54) is 10.4 Å². The molecule has 0 saturated carbocycles. The molecule has 1 amide bonds. The first-order chi connectivity index (χ1) is 10.1. The second kappa shape index (κ2) is 6.02. The third-order valence-electron chi connectivity index (χ3n) is 3.96. The number of rotatable bonds is 3. The van der Waals surface area contributed by atoms with Crippen LogP contribution >= 0.6 is 11.3 Å². The third kappa shape index (κ3) is 3.02. The van der Waals surface area contributed by atoms with Crippen LogP contribution in [0.5, 0.6) is 0 Å². The van der Waals surface area contributed by atoms with Gasteiger partial charge in [-0.1, -0.05) is 13.8 Å². The van der Waals surface area contributed by atoms with Crippen molar-refractivity contribution in [2.75, 3.05) is 18.0 Å². The minimum Gasteiger partial charge on any atom is -0.368 e. The summed E-state index contributed by atoms with van der Waals surface area (Å²) in [5.74, 6) is 0.197. The average molecular weight is 303 g/mol. The number of hydrogen-bond donors (Lipinski definition) is 1. The van der Waals surface area contributed by atoms with E-state index >= 15 is 0 Å². The minimum absolute atomic E-state index is 0.0466. The normalized spacial score (nSPS) is 19.2. The zero-order valence-electron chi connectivity index (χ0n) is 12.5. The van der Waals surface area contributed by atoms with Gasteiger partial charge in [0.2, 0.25) is 5.91 Å². The Morgan fingerprint density at radius 3 is 3.14 bits per heavy atom. The zero-order chi connectivity index (χ0) is 14.8. The summed E-state index contributed by atoms with van der Waals surface area (Å²) in [5, 5.41) is 5.25. The van der Waals surface area contributed by atoms with Crippen molar-refractivity contribution in [3.8, 4) is 0 Å². The maximum atomic E-state index is 11.9. The largest absolute Gasteiger partial charge is 0.368 e. The summed E-state index contributed by atoms with van der Waals surface area (Å²) in [7, 11) is 0. The Bertz CT molecular complexity index is 637. The summed E-state index contributed by atoms with van der Waals surface area (Å²) in [5.41, 5.74) is 2.31. The van der Waals surface area contributed by atoms with Gasteiger partial charge in [-0.3, -0.25) is 9.78 Å². The van der Waals surface area contributed by atoms with Crippen molar-refractivity contribution in [1.82, 2.24) is 10.3 Å². The van der Waals surface area contributed by atoms with E-state index in [0.717, 1.165) is 31.4 Å². The molecular formula is C16H21N3OS. The summed E-state index contributed by atoms with van der Waals surface area (Å²) >= 11 is 1.74. The highest BCUT2D eigenvalue weighted by Gasteiger charge is 2.23. The fourth-order valence-corrected chi connectivity index (χ4v) is 3.68. The quantitative estimate of drug-likeness (QED) is 0.948. The number of carbonyl (C=O) groups excluding carboxylic acids is 1. The molecule has 5 heteroatoms. The van der Waals surface area contributed by atoms with Gasteiger partial charge in [-0.05, 0) is 30.4 Å². The van der Waals surface area contributed by atoms with Gasteiger partial charge in [0.15, 0.2) is 0 Å². The molecule has 1 aliphatic heterocycles. The lowest BCUT2D eigenvalue weighted by atomic mass is 10.0. The van der Waals surface area contributed by atoms with Gasteiger partial charge in [0, 0.05) is 31.2 Å². The van der Waals surface area contributed by atoms with Crippen LogP contribution in [-0.4, -0.2) is 30.0 Å². The van der Waals surface area contributed by atoms with Gasteiger partial charge >= 0.3 is 0 Å². The molecule has 0 spiro atoms. The van der Waals surface area contributed by atoms with Crippen LogP contribution in [0.2, 0.25) is 0 Å². The minimum atomic E-state index is 0.0466. The highest BCUT2D eigenvalue weighted by Crippen LogP contribution is 2.31. The van der Waals surface area contributed by atoms with Gasteiger partial charge in [-0.25, -0.2) is 0 Å². The molecule has 0 aliphatic carbocycles. The zero-order valence-corrected chi connectivity index (χ0v) is 13.3. The molecular weight excluding hydrogens is 282 g/mol. The molecule has 3 rings (SSSR count). The topological polar surface area (TPSA) is 45.2 Å². The van der Waals surface area contributed by atoms with Crippen LogP contribution in [0, 0.1) is 5.92 Å².